The summed E-state index contributed by atoms with van der Waals surface area (Å²) < 4.78 is 5.07. The van der Waals surface area contributed by atoms with Crippen LogP contribution >= 0.6 is 0 Å². The summed E-state index contributed by atoms with van der Waals surface area (Å²) in [6.07, 6.45) is 2.74. The third kappa shape index (κ3) is 3.22. The van der Waals surface area contributed by atoms with E-state index >= 15 is 0 Å². The van der Waals surface area contributed by atoms with Gasteiger partial charge in [0.05, 0.1) is 13.2 Å². The van der Waals surface area contributed by atoms with E-state index in [0.29, 0.717) is 18.1 Å². The quantitative estimate of drug-likeness (QED) is 0.623. The van der Waals surface area contributed by atoms with E-state index in [2.05, 4.69) is 22.2 Å². The molecule has 1 amide bonds. The van der Waals surface area contributed by atoms with Crippen molar-refractivity contribution in [1.29, 1.82) is 0 Å². The van der Waals surface area contributed by atoms with Gasteiger partial charge in [0.2, 0.25) is 5.91 Å². The number of amides is 1. The number of likely N-dealkylation sites (tertiary alicyclic amines) is 2. The molecule has 23 heavy (non-hydrogen) atoms. The first kappa shape index (κ1) is 16.7. The second-order valence-electron chi connectivity index (χ2n) is 7.12. The number of carbonyl (C=O) groups excluding carboxylic acids is 2. The van der Waals surface area contributed by atoms with Gasteiger partial charge in [0.25, 0.3) is 0 Å². The zero-order chi connectivity index (χ0) is 16.6. The van der Waals surface area contributed by atoms with Crippen LogP contribution in [-0.2, 0) is 14.3 Å². The van der Waals surface area contributed by atoms with Gasteiger partial charge in [-0.1, -0.05) is 0 Å². The molecule has 3 rings (SSSR count). The molecule has 2 unspecified atom stereocenters. The molecule has 3 aliphatic heterocycles. The molecule has 0 radical (unpaired) electrons. The molecule has 0 spiro atoms. The third-order valence-corrected chi connectivity index (χ3v) is 5.90. The van der Waals surface area contributed by atoms with Crippen LogP contribution in [0, 0.1) is 0 Å². The van der Waals surface area contributed by atoms with Crippen LogP contribution in [0.15, 0.2) is 0 Å². The monoisotopic (exact) mass is 325 g/mol. The first-order chi connectivity index (χ1) is 11.0. The number of ether oxygens (including phenoxy) is 1. The number of methoxy groups -OCH3 is 1. The molecule has 3 saturated heterocycles. The first-order valence-electron chi connectivity index (χ1n) is 8.64. The van der Waals surface area contributed by atoms with Crippen LogP contribution in [0.1, 0.15) is 26.2 Å². The van der Waals surface area contributed by atoms with Gasteiger partial charge in [-0.15, -0.1) is 0 Å². The number of nitrogens with two attached hydrogens (primary N) is 1. The maximum atomic E-state index is 12.3. The number of rotatable bonds is 2. The van der Waals surface area contributed by atoms with Gasteiger partial charge >= 0.3 is 5.97 Å². The summed E-state index contributed by atoms with van der Waals surface area (Å²) in [6.45, 7) is 5.13. The Kier molecular flexibility index (Phi) is 4.89. The van der Waals surface area contributed by atoms with E-state index in [1.807, 2.05) is 4.90 Å². The molecule has 0 saturated carbocycles. The Morgan fingerprint density at radius 2 is 1.91 bits per heavy atom. The number of hydrogen-bond acceptors (Lipinski definition) is 5. The number of hydrogen-bond donors (Lipinski definition) is 1. The lowest BCUT2D eigenvalue weighted by atomic mass is 9.89. The van der Waals surface area contributed by atoms with Crippen LogP contribution in [-0.4, -0.2) is 91.2 Å². The summed E-state index contributed by atoms with van der Waals surface area (Å²) in [5.41, 5.74) is 0. The predicted molar refractivity (Wildman–Crippen MR) is 84.5 cm³/mol. The predicted octanol–water partition coefficient (Wildman–Crippen LogP) is -1.55. The molecule has 7 heteroatoms. The zero-order valence-electron chi connectivity index (χ0n) is 14.4. The Hall–Kier alpha value is -1.18. The minimum atomic E-state index is -0.141. The molecule has 130 valence electrons. The maximum absolute atomic E-state index is 12.3. The van der Waals surface area contributed by atoms with Crippen molar-refractivity contribution >= 4 is 11.9 Å². The highest BCUT2D eigenvalue weighted by molar-refractivity contribution is 5.76. The van der Waals surface area contributed by atoms with E-state index < -0.39 is 0 Å². The summed E-state index contributed by atoms with van der Waals surface area (Å²) in [6, 6.07) is 1.21. The second kappa shape index (κ2) is 6.75. The number of likely N-dealkylation sites (N-methyl/N-ethyl adjacent to an activating group) is 1. The van der Waals surface area contributed by atoms with Crippen LogP contribution in [0.4, 0.5) is 0 Å². The van der Waals surface area contributed by atoms with Crippen LogP contribution in [0.2, 0.25) is 0 Å². The van der Waals surface area contributed by atoms with Gasteiger partial charge in [0.15, 0.2) is 0 Å². The van der Waals surface area contributed by atoms with Crippen molar-refractivity contribution in [3.05, 3.63) is 0 Å². The molecule has 0 aliphatic carbocycles. The van der Waals surface area contributed by atoms with Gasteiger partial charge in [-0.2, -0.15) is 0 Å². The largest absolute Gasteiger partial charge is 0.468 e. The molecule has 0 aromatic carbocycles. The molecule has 0 aromatic heterocycles. The van der Waals surface area contributed by atoms with Crippen molar-refractivity contribution < 1.29 is 19.6 Å². The summed E-state index contributed by atoms with van der Waals surface area (Å²) in [5, 5.41) is 2.34. The summed E-state index contributed by atoms with van der Waals surface area (Å²) in [4.78, 5) is 30.5. The van der Waals surface area contributed by atoms with E-state index in [1.165, 1.54) is 7.11 Å². The number of quaternary nitrogens is 1. The highest BCUT2D eigenvalue weighted by Gasteiger charge is 2.48. The molecular formula is C16H29N4O3+. The molecule has 3 atom stereocenters. The van der Waals surface area contributed by atoms with E-state index in [4.69, 9.17) is 4.74 Å². The molecule has 0 bridgehead atoms. The molecule has 3 aliphatic rings. The molecule has 7 nitrogen and oxygen atoms in total. The van der Waals surface area contributed by atoms with Gasteiger partial charge in [-0.3, -0.25) is 14.5 Å². The van der Waals surface area contributed by atoms with Gasteiger partial charge in [-0.05, 0) is 19.9 Å². The van der Waals surface area contributed by atoms with E-state index in [0.717, 1.165) is 45.6 Å². The number of piperidine rings is 2. The lowest BCUT2D eigenvalue weighted by molar-refractivity contribution is -0.678. The fourth-order valence-corrected chi connectivity index (χ4v) is 4.47. The standard InChI is InChI=1S/C16H28N4O3/c1-11(21)19-6-4-12(5-7-19)20-9-15-13(17-10-18(15)2)8-14(20)16(22)23-3/h12-15,17H,4-10H2,1-3H3/p+1/t13?,14-,15?/m0/s1. The van der Waals surface area contributed by atoms with Crippen molar-refractivity contribution in [2.24, 2.45) is 0 Å². The van der Waals surface area contributed by atoms with Crippen LogP contribution in [0.5, 0.6) is 0 Å². The lowest BCUT2D eigenvalue weighted by Gasteiger charge is -2.46. The van der Waals surface area contributed by atoms with Crippen LogP contribution < -0.4 is 5.32 Å². The number of nitrogens with zero attached hydrogens (tertiary/aromatic N) is 3. The first-order valence-corrected chi connectivity index (χ1v) is 8.64. The fraction of sp³-hybridized carbons (Fsp3) is 0.875. The molecule has 0 aromatic rings. The third-order valence-electron chi connectivity index (χ3n) is 5.90. The normalized spacial score (nSPS) is 33.5. The number of esters is 1. The SMILES string of the molecule is COC(=O)[C@@H]1CC2[NH2+]CN(C)C2CN1C1CCN(C(C)=O)CC1. The van der Waals surface area contributed by atoms with Crippen LogP contribution in [0.25, 0.3) is 0 Å². The molecule has 3 fully saturated rings. The van der Waals surface area contributed by atoms with Crippen molar-refractivity contribution in [3.8, 4) is 0 Å². The van der Waals surface area contributed by atoms with Crippen molar-refractivity contribution in [3.63, 3.8) is 0 Å². The highest BCUT2D eigenvalue weighted by atomic mass is 16.5. The van der Waals surface area contributed by atoms with Crippen LogP contribution in [0.3, 0.4) is 0 Å². The number of carbonyl (C=O) groups is 2. The summed E-state index contributed by atoms with van der Waals surface area (Å²) in [5.74, 6) is 0.0391. The van der Waals surface area contributed by atoms with Gasteiger partial charge in [0, 0.05) is 39.0 Å². The highest BCUT2D eigenvalue weighted by Crippen LogP contribution is 2.28. The minimum absolute atomic E-state index is 0.111. The Morgan fingerprint density at radius 1 is 1.22 bits per heavy atom. The Morgan fingerprint density at radius 3 is 2.52 bits per heavy atom. The molecular weight excluding hydrogens is 296 g/mol. The zero-order valence-corrected chi connectivity index (χ0v) is 14.4. The molecule has 2 N–H and O–H groups in total. The van der Waals surface area contributed by atoms with Crippen molar-refractivity contribution in [2.75, 3.05) is 40.5 Å². The minimum Gasteiger partial charge on any atom is -0.468 e. The van der Waals surface area contributed by atoms with E-state index in [-0.39, 0.29) is 17.9 Å². The average molecular weight is 325 g/mol. The summed E-state index contributed by atoms with van der Waals surface area (Å²) >= 11 is 0. The Labute approximate surface area is 137 Å². The van der Waals surface area contributed by atoms with Crippen molar-refractivity contribution in [2.45, 2.75) is 50.4 Å². The van der Waals surface area contributed by atoms with Gasteiger partial charge < -0.3 is 15.0 Å². The Balaban J connectivity index is 1.71. The smallest absolute Gasteiger partial charge is 0.323 e. The van der Waals surface area contributed by atoms with Gasteiger partial charge in [-0.25, -0.2) is 4.90 Å². The van der Waals surface area contributed by atoms with Crippen molar-refractivity contribution in [1.82, 2.24) is 14.7 Å². The Bertz CT molecular complexity index is 464. The lowest BCUT2D eigenvalue weighted by Crippen LogP contribution is -2.89. The summed E-state index contributed by atoms with van der Waals surface area (Å²) in [7, 11) is 3.64. The van der Waals surface area contributed by atoms with E-state index in [1.54, 1.807) is 6.92 Å². The molecule has 3 heterocycles. The maximum Gasteiger partial charge on any atom is 0.323 e. The average Bonchev–Trinajstić information content (AvgIpc) is 2.93. The fourth-order valence-electron chi connectivity index (χ4n) is 4.47. The van der Waals surface area contributed by atoms with E-state index in [9.17, 15) is 9.59 Å². The number of fused-ring (bicyclic) bond motifs is 1. The van der Waals surface area contributed by atoms with Gasteiger partial charge in [0.1, 0.15) is 18.8 Å². The topological polar surface area (TPSA) is 69.7 Å². The second-order valence-corrected chi connectivity index (χ2v) is 7.12.